The Morgan fingerprint density at radius 2 is 2.00 bits per heavy atom. The molecule has 2 bridgehead atoms. The Morgan fingerprint density at radius 1 is 1.29 bits per heavy atom. The highest BCUT2D eigenvalue weighted by molar-refractivity contribution is 5.58. The monoisotopic (exact) mass is 198 g/mol. The van der Waals surface area contributed by atoms with Gasteiger partial charge in [-0.15, -0.1) is 0 Å². The van der Waals surface area contributed by atoms with E-state index in [0.29, 0.717) is 0 Å². The second kappa shape index (κ2) is 2.56. The van der Waals surface area contributed by atoms with Crippen molar-refractivity contribution < 1.29 is 19.0 Å². The first-order valence-electron chi connectivity index (χ1n) is 5.07. The number of fused-ring (bicyclic) bond motifs is 5. The summed E-state index contributed by atoms with van der Waals surface area (Å²) in [7, 11) is 0. The van der Waals surface area contributed by atoms with Crippen LogP contribution in [0.3, 0.4) is 0 Å². The van der Waals surface area contributed by atoms with Crippen LogP contribution in [0.25, 0.3) is 0 Å². The normalized spacial score (nSPS) is 53.4. The smallest absolute Gasteiger partial charge is 0.163 e. The molecule has 0 unspecified atom stereocenters. The predicted molar refractivity (Wildman–Crippen MR) is 46.7 cm³/mol. The van der Waals surface area contributed by atoms with E-state index in [1.54, 1.807) is 0 Å². The third-order valence-corrected chi connectivity index (χ3v) is 3.34. The fourth-order valence-corrected chi connectivity index (χ4v) is 2.86. The van der Waals surface area contributed by atoms with Crippen molar-refractivity contribution in [3.63, 3.8) is 0 Å². The van der Waals surface area contributed by atoms with E-state index in [2.05, 4.69) is 0 Å². The maximum absolute atomic E-state index is 10.7. The molecule has 14 heavy (non-hydrogen) atoms. The second-order valence-electron chi connectivity index (χ2n) is 4.74. The number of aldehydes is 1. The molecule has 3 fully saturated rings. The van der Waals surface area contributed by atoms with Crippen molar-refractivity contribution in [2.45, 2.75) is 50.5 Å². The average molecular weight is 198 g/mol. The minimum Gasteiger partial charge on any atom is -0.364 e. The van der Waals surface area contributed by atoms with Crippen LogP contribution in [-0.4, -0.2) is 36.5 Å². The zero-order valence-electron chi connectivity index (χ0n) is 8.30. The molecule has 3 aliphatic rings. The molecule has 0 aromatic heterocycles. The summed E-state index contributed by atoms with van der Waals surface area (Å²) >= 11 is 0. The number of carbonyl (C=O) groups excluding carboxylic acids is 1. The molecule has 0 amide bonds. The summed E-state index contributed by atoms with van der Waals surface area (Å²) in [5, 5.41) is 0. The molecular formula is C10H14O4. The van der Waals surface area contributed by atoms with Crippen molar-refractivity contribution in [1.29, 1.82) is 0 Å². The summed E-state index contributed by atoms with van der Waals surface area (Å²) < 4.78 is 17.1. The highest BCUT2D eigenvalue weighted by Crippen LogP contribution is 2.49. The van der Waals surface area contributed by atoms with E-state index in [4.69, 9.17) is 14.2 Å². The molecular weight excluding hydrogens is 184 g/mol. The molecule has 2 saturated heterocycles. The Hall–Kier alpha value is -0.450. The molecule has 78 valence electrons. The number of carbonyl (C=O) groups is 1. The van der Waals surface area contributed by atoms with Crippen LogP contribution in [0, 0.1) is 5.92 Å². The van der Waals surface area contributed by atoms with Crippen molar-refractivity contribution in [2.75, 3.05) is 0 Å². The van der Waals surface area contributed by atoms with Gasteiger partial charge in [-0.2, -0.15) is 0 Å². The summed E-state index contributed by atoms with van der Waals surface area (Å²) in [6.07, 6.45) is 1.65. The molecule has 1 aliphatic carbocycles. The molecule has 4 nitrogen and oxygen atoms in total. The number of ether oxygens (including phenoxy) is 3. The zero-order chi connectivity index (χ0) is 9.92. The Balaban J connectivity index is 1.85. The Bertz CT molecular complexity index is 275. The van der Waals surface area contributed by atoms with Gasteiger partial charge in [-0.1, -0.05) is 0 Å². The van der Waals surface area contributed by atoms with Crippen LogP contribution in [0.15, 0.2) is 0 Å². The maximum atomic E-state index is 10.7. The van der Waals surface area contributed by atoms with Crippen LogP contribution in [0.4, 0.5) is 0 Å². The first kappa shape index (κ1) is 8.83. The molecule has 0 radical (unpaired) electrons. The Kier molecular flexibility index (Phi) is 1.62. The van der Waals surface area contributed by atoms with Gasteiger partial charge < -0.3 is 19.0 Å². The Morgan fingerprint density at radius 3 is 2.71 bits per heavy atom. The SMILES string of the molecule is CC1(C)O[C@@H]2[C@@H]3C[C@@H](O[C@H]3C=O)[C@@H]2O1. The van der Waals surface area contributed by atoms with Crippen LogP contribution < -0.4 is 0 Å². The zero-order valence-corrected chi connectivity index (χ0v) is 8.30. The van der Waals surface area contributed by atoms with Gasteiger partial charge in [0.25, 0.3) is 0 Å². The summed E-state index contributed by atoms with van der Waals surface area (Å²) in [5.41, 5.74) is 0. The van der Waals surface area contributed by atoms with Gasteiger partial charge in [0.15, 0.2) is 5.79 Å². The second-order valence-corrected chi connectivity index (χ2v) is 4.74. The van der Waals surface area contributed by atoms with Gasteiger partial charge >= 0.3 is 0 Å². The molecule has 0 aromatic carbocycles. The van der Waals surface area contributed by atoms with Gasteiger partial charge in [0.1, 0.15) is 18.5 Å². The minimum absolute atomic E-state index is 0.0335. The maximum Gasteiger partial charge on any atom is 0.163 e. The van der Waals surface area contributed by atoms with Crippen molar-refractivity contribution >= 4 is 6.29 Å². The number of hydrogen-bond acceptors (Lipinski definition) is 4. The summed E-state index contributed by atoms with van der Waals surface area (Å²) in [5.74, 6) is -0.322. The van der Waals surface area contributed by atoms with E-state index in [1.165, 1.54) is 0 Å². The third-order valence-electron chi connectivity index (χ3n) is 3.34. The lowest BCUT2D eigenvalue weighted by Crippen LogP contribution is -2.41. The van der Waals surface area contributed by atoms with Gasteiger partial charge in [-0.3, -0.25) is 0 Å². The van der Waals surface area contributed by atoms with Gasteiger partial charge in [-0.25, -0.2) is 0 Å². The number of rotatable bonds is 1. The molecule has 0 aromatic rings. The summed E-state index contributed by atoms with van der Waals surface area (Å²) in [6.45, 7) is 3.81. The van der Waals surface area contributed by atoms with E-state index in [9.17, 15) is 4.79 Å². The van der Waals surface area contributed by atoms with Gasteiger partial charge in [0, 0.05) is 5.92 Å². The van der Waals surface area contributed by atoms with Gasteiger partial charge in [-0.05, 0) is 20.3 Å². The van der Waals surface area contributed by atoms with E-state index < -0.39 is 5.79 Å². The van der Waals surface area contributed by atoms with Crippen LogP contribution in [0.2, 0.25) is 0 Å². The molecule has 4 heteroatoms. The molecule has 1 saturated carbocycles. The fraction of sp³-hybridized carbons (Fsp3) is 0.900. The van der Waals surface area contributed by atoms with E-state index in [-0.39, 0.29) is 30.3 Å². The minimum atomic E-state index is -0.520. The van der Waals surface area contributed by atoms with Crippen molar-refractivity contribution in [3.8, 4) is 0 Å². The summed E-state index contributed by atoms with van der Waals surface area (Å²) in [4.78, 5) is 10.7. The quantitative estimate of drug-likeness (QED) is 0.575. The highest BCUT2D eigenvalue weighted by atomic mass is 16.8. The standard InChI is InChI=1S/C10H14O4/c1-10(2)13-8-5-3-6(9(8)14-10)12-7(5)4-11/h4-9H,3H2,1-2H3/t5-,6-,7+,8-,9+/m1/s1. The molecule has 0 spiro atoms. The fourth-order valence-electron chi connectivity index (χ4n) is 2.86. The van der Waals surface area contributed by atoms with Crippen LogP contribution in [0.1, 0.15) is 20.3 Å². The largest absolute Gasteiger partial charge is 0.364 e. The molecule has 5 atom stereocenters. The topological polar surface area (TPSA) is 44.8 Å². The molecule has 2 aliphatic heterocycles. The molecule has 3 rings (SSSR count). The van der Waals surface area contributed by atoms with Crippen molar-refractivity contribution in [1.82, 2.24) is 0 Å². The average Bonchev–Trinajstić information content (AvgIpc) is 2.70. The Labute approximate surface area is 82.5 Å². The van der Waals surface area contributed by atoms with Crippen LogP contribution >= 0.6 is 0 Å². The molecule has 0 N–H and O–H groups in total. The lowest BCUT2D eigenvalue weighted by atomic mass is 10.00. The lowest BCUT2D eigenvalue weighted by molar-refractivity contribution is -0.158. The van der Waals surface area contributed by atoms with E-state index >= 15 is 0 Å². The van der Waals surface area contributed by atoms with Crippen LogP contribution in [-0.2, 0) is 19.0 Å². The first-order chi connectivity index (χ1) is 6.61. The van der Waals surface area contributed by atoms with Crippen LogP contribution in [0.5, 0.6) is 0 Å². The summed E-state index contributed by atoms with van der Waals surface area (Å²) in [6, 6.07) is 0. The van der Waals surface area contributed by atoms with Gasteiger partial charge in [0.2, 0.25) is 0 Å². The predicted octanol–water partition coefficient (Wildman–Crippen LogP) is 0.493. The highest BCUT2D eigenvalue weighted by Gasteiger charge is 2.61. The first-order valence-corrected chi connectivity index (χ1v) is 5.07. The number of hydrogen-bond donors (Lipinski definition) is 0. The van der Waals surface area contributed by atoms with Crippen molar-refractivity contribution in [2.24, 2.45) is 5.92 Å². The van der Waals surface area contributed by atoms with Crippen molar-refractivity contribution in [3.05, 3.63) is 0 Å². The lowest BCUT2D eigenvalue weighted by Gasteiger charge is -2.25. The van der Waals surface area contributed by atoms with E-state index in [1.807, 2.05) is 13.8 Å². The third kappa shape index (κ3) is 1.02. The van der Waals surface area contributed by atoms with Gasteiger partial charge in [0.05, 0.1) is 12.2 Å². The van der Waals surface area contributed by atoms with E-state index in [0.717, 1.165) is 12.7 Å². The molecule has 2 heterocycles.